The monoisotopic (exact) mass is 297 g/mol. The Hall–Kier alpha value is -0.523. The summed E-state index contributed by atoms with van der Waals surface area (Å²) in [4.78, 5) is 23.8. The lowest BCUT2D eigenvalue weighted by atomic mass is 9.76. The number of carbonyl (C=O) groups is 2. The van der Waals surface area contributed by atoms with Gasteiger partial charge in [0.25, 0.3) is 0 Å². The Morgan fingerprint density at radius 2 is 1.75 bits per heavy atom. The van der Waals surface area contributed by atoms with Gasteiger partial charge in [-0.25, -0.2) is 0 Å². The Balaban J connectivity index is 2.10. The number of nitrogens with two attached hydrogens (primary N) is 1. The first-order valence-electron chi connectivity index (χ1n) is 7.52. The molecule has 0 aromatic carbocycles. The van der Waals surface area contributed by atoms with Crippen LogP contribution in [0.5, 0.6) is 0 Å². The van der Waals surface area contributed by atoms with Crippen LogP contribution in [0, 0.1) is 11.8 Å². The van der Waals surface area contributed by atoms with Crippen LogP contribution in [0.4, 0.5) is 0 Å². The van der Waals surface area contributed by atoms with Crippen LogP contribution in [0.2, 0.25) is 18.1 Å². The Morgan fingerprint density at radius 1 is 1.15 bits per heavy atom. The first-order valence-corrected chi connectivity index (χ1v) is 10.4. The molecule has 0 spiro atoms. The third kappa shape index (κ3) is 2.76. The van der Waals surface area contributed by atoms with Crippen molar-refractivity contribution in [2.45, 2.75) is 70.3 Å². The maximum absolute atomic E-state index is 12.0. The minimum absolute atomic E-state index is 0.0296. The first-order chi connectivity index (χ1) is 9.03. The fourth-order valence-electron chi connectivity index (χ4n) is 3.18. The third-order valence-corrected chi connectivity index (χ3v) is 9.88. The molecule has 114 valence electrons. The minimum atomic E-state index is -1.86. The van der Waals surface area contributed by atoms with Gasteiger partial charge < -0.3 is 10.2 Å². The Bertz CT molecular complexity index is 427. The summed E-state index contributed by atoms with van der Waals surface area (Å²) in [6.45, 7) is 11.0. The molecule has 0 bridgehead atoms. The minimum Gasteiger partial charge on any atom is -0.414 e. The average Bonchev–Trinajstić information content (AvgIpc) is 2.52. The van der Waals surface area contributed by atoms with Crippen molar-refractivity contribution < 1.29 is 14.0 Å². The normalized spacial score (nSPS) is 35.3. The molecule has 4 nitrogen and oxygen atoms in total. The maximum Gasteiger partial charge on any atom is 0.192 e. The zero-order valence-electron chi connectivity index (χ0n) is 13.2. The van der Waals surface area contributed by atoms with Crippen LogP contribution in [-0.2, 0) is 14.0 Å². The highest BCUT2D eigenvalue weighted by atomic mass is 28.4. The van der Waals surface area contributed by atoms with Gasteiger partial charge >= 0.3 is 0 Å². The first kappa shape index (κ1) is 15.9. The zero-order valence-corrected chi connectivity index (χ0v) is 14.2. The fourth-order valence-corrected chi connectivity index (χ4v) is 4.56. The number of hydrogen-bond acceptors (Lipinski definition) is 4. The van der Waals surface area contributed by atoms with E-state index >= 15 is 0 Å². The van der Waals surface area contributed by atoms with E-state index in [1.165, 1.54) is 0 Å². The van der Waals surface area contributed by atoms with Crippen molar-refractivity contribution in [2.75, 3.05) is 0 Å². The van der Waals surface area contributed by atoms with Crippen LogP contribution in [0.25, 0.3) is 0 Å². The number of fused-ring (bicyclic) bond motifs is 1. The SMILES string of the molecule is CC(C)(C)[Si](C)(C)O[C@H]1C[C@@H](N)[C@H]2C(=O)CC(=O)[C@H]2C1. The molecule has 5 heteroatoms. The van der Waals surface area contributed by atoms with Gasteiger partial charge in [0, 0.05) is 24.0 Å². The lowest BCUT2D eigenvalue weighted by molar-refractivity contribution is -0.123. The highest BCUT2D eigenvalue weighted by Crippen LogP contribution is 2.43. The molecule has 0 aliphatic heterocycles. The standard InChI is InChI=1S/C15H27NO3Si/c1-15(2,3)20(4,5)19-9-6-10-12(17)8-13(18)14(10)11(16)7-9/h9-11,14H,6-8,16H2,1-5H3/t9-,10-,11-,14+/m1/s1. The molecular weight excluding hydrogens is 270 g/mol. The second-order valence-corrected chi connectivity index (χ2v) is 12.6. The second kappa shape index (κ2) is 5.04. The van der Waals surface area contributed by atoms with E-state index in [1.54, 1.807) is 0 Å². The van der Waals surface area contributed by atoms with Crippen LogP contribution in [0.3, 0.4) is 0 Å². The zero-order chi connectivity index (χ0) is 15.3. The number of ketones is 2. The maximum atomic E-state index is 12.0. The van der Waals surface area contributed by atoms with E-state index in [0.29, 0.717) is 12.8 Å². The second-order valence-electron chi connectivity index (χ2n) is 7.88. The molecule has 0 heterocycles. The van der Waals surface area contributed by atoms with Crippen LogP contribution in [0.1, 0.15) is 40.0 Å². The van der Waals surface area contributed by atoms with E-state index in [-0.39, 0.29) is 47.0 Å². The van der Waals surface area contributed by atoms with E-state index in [2.05, 4.69) is 33.9 Å². The molecule has 2 fully saturated rings. The number of carbonyl (C=O) groups excluding carboxylic acids is 2. The number of Topliss-reactive ketones (excluding diaryl/α,β-unsaturated/α-hetero) is 2. The Kier molecular flexibility index (Phi) is 3.99. The molecular formula is C15H27NO3Si. The molecule has 2 rings (SSSR count). The summed E-state index contributed by atoms with van der Waals surface area (Å²) >= 11 is 0. The summed E-state index contributed by atoms with van der Waals surface area (Å²) in [5.74, 6) is -0.333. The van der Waals surface area contributed by atoms with Gasteiger partial charge in [-0.3, -0.25) is 9.59 Å². The fraction of sp³-hybridized carbons (Fsp3) is 0.867. The van der Waals surface area contributed by atoms with E-state index in [1.807, 2.05) is 0 Å². The van der Waals surface area contributed by atoms with Crippen molar-refractivity contribution in [1.29, 1.82) is 0 Å². The van der Waals surface area contributed by atoms with Gasteiger partial charge in [-0.1, -0.05) is 20.8 Å². The summed E-state index contributed by atoms with van der Waals surface area (Å²) in [5.41, 5.74) is 6.15. The molecule has 0 aromatic heterocycles. The predicted octanol–water partition coefficient (Wildman–Crippen LogP) is 2.27. The van der Waals surface area contributed by atoms with Crippen molar-refractivity contribution in [3.63, 3.8) is 0 Å². The smallest absolute Gasteiger partial charge is 0.192 e. The number of rotatable bonds is 2. The van der Waals surface area contributed by atoms with E-state index in [4.69, 9.17) is 10.2 Å². The van der Waals surface area contributed by atoms with Gasteiger partial charge in [0.1, 0.15) is 11.6 Å². The lowest BCUT2D eigenvalue weighted by Crippen LogP contribution is -2.51. The topological polar surface area (TPSA) is 69.4 Å². The molecule has 2 aliphatic carbocycles. The van der Waals surface area contributed by atoms with E-state index in [0.717, 1.165) is 0 Å². The van der Waals surface area contributed by atoms with Gasteiger partial charge in [-0.05, 0) is 31.0 Å². The van der Waals surface area contributed by atoms with Gasteiger partial charge in [0.2, 0.25) is 0 Å². The quantitative estimate of drug-likeness (QED) is 0.627. The molecule has 0 aromatic rings. The molecule has 20 heavy (non-hydrogen) atoms. The third-order valence-electron chi connectivity index (χ3n) is 5.35. The van der Waals surface area contributed by atoms with E-state index in [9.17, 15) is 9.59 Å². The highest BCUT2D eigenvalue weighted by Gasteiger charge is 2.50. The average molecular weight is 297 g/mol. The van der Waals surface area contributed by atoms with Crippen molar-refractivity contribution in [2.24, 2.45) is 17.6 Å². The van der Waals surface area contributed by atoms with Crippen molar-refractivity contribution in [1.82, 2.24) is 0 Å². The summed E-state index contributed by atoms with van der Waals surface area (Å²) in [5, 5.41) is 0.142. The number of hydrogen-bond donors (Lipinski definition) is 1. The van der Waals surface area contributed by atoms with Crippen LogP contribution in [-0.4, -0.2) is 32.0 Å². The molecule has 2 aliphatic rings. The van der Waals surface area contributed by atoms with Crippen molar-refractivity contribution in [3.8, 4) is 0 Å². The van der Waals surface area contributed by atoms with Gasteiger partial charge in [-0.15, -0.1) is 0 Å². The molecule has 0 unspecified atom stereocenters. The highest BCUT2D eigenvalue weighted by molar-refractivity contribution is 6.74. The molecule has 2 N–H and O–H groups in total. The van der Waals surface area contributed by atoms with Crippen molar-refractivity contribution in [3.05, 3.63) is 0 Å². The molecule has 0 saturated heterocycles. The van der Waals surface area contributed by atoms with Crippen LogP contribution < -0.4 is 5.73 Å². The summed E-state index contributed by atoms with van der Waals surface area (Å²) in [6.07, 6.45) is 1.49. The largest absolute Gasteiger partial charge is 0.414 e. The van der Waals surface area contributed by atoms with Crippen LogP contribution >= 0.6 is 0 Å². The summed E-state index contributed by atoms with van der Waals surface area (Å²) < 4.78 is 6.40. The van der Waals surface area contributed by atoms with Gasteiger partial charge in [0.05, 0.1) is 6.42 Å². The van der Waals surface area contributed by atoms with Gasteiger partial charge in [0.15, 0.2) is 8.32 Å². The van der Waals surface area contributed by atoms with Crippen molar-refractivity contribution >= 4 is 19.9 Å². The lowest BCUT2D eigenvalue weighted by Gasteiger charge is -2.43. The van der Waals surface area contributed by atoms with E-state index < -0.39 is 8.32 Å². The molecule has 2 saturated carbocycles. The summed E-state index contributed by atoms with van der Waals surface area (Å²) in [6, 6.07) is -0.220. The Morgan fingerprint density at radius 3 is 2.30 bits per heavy atom. The Labute approximate surface area is 122 Å². The predicted molar refractivity (Wildman–Crippen MR) is 80.9 cm³/mol. The molecule has 0 radical (unpaired) electrons. The molecule has 4 atom stereocenters. The molecule has 0 amide bonds. The summed E-state index contributed by atoms with van der Waals surface area (Å²) in [7, 11) is -1.86. The van der Waals surface area contributed by atoms with Crippen LogP contribution in [0.15, 0.2) is 0 Å². The van der Waals surface area contributed by atoms with Gasteiger partial charge in [-0.2, -0.15) is 0 Å².